The number of benzene rings is 1. The zero-order valence-electron chi connectivity index (χ0n) is 17.9. The lowest BCUT2D eigenvalue weighted by Gasteiger charge is -2.35. The number of hydrogen-bond acceptors (Lipinski definition) is 6. The van der Waals surface area contributed by atoms with Gasteiger partial charge in [0.2, 0.25) is 5.91 Å². The Morgan fingerprint density at radius 3 is 2.81 bits per heavy atom. The quantitative estimate of drug-likeness (QED) is 0.672. The lowest BCUT2D eigenvalue weighted by molar-refractivity contribution is -0.131. The second kappa shape index (κ2) is 8.35. The first-order valence-electron chi connectivity index (χ1n) is 11.0. The molecule has 1 aliphatic heterocycles. The summed E-state index contributed by atoms with van der Waals surface area (Å²) >= 11 is 0. The lowest BCUT2D eigenvalue weighted by Crippen LogP contribution is -2.42. The molecule has 32 heavy (non-hydrogen) atoms. The van der Waals surface area contributed by atoms with Gasteiger partial charge in [-0.2, -0.15) is 5.10 Å². The van der Waals surface area contributed by atoms with E-state index in [9.17, 15) is 14.7 Å². The van der Waals surface area contributed by atoms with E-state index >= 15 is 0 Å². The van der Waals surface area contributed by atoms with Crippen LogP contribution in [0.5, 0.6) is 5.75 Å². The fourth-order valence-electron chi connectivity index (χ4n) is 4.91. The third-order valence-corrected chi connectivity index (χ3v) is 6.59. The number of pyridine rings is 1. The van der Waals surface area contributed by atoms with Crippen molar-refractivity contribution in [2.75, 3.05) is 13.1 Å². The molecule has 1 aliphatic carbocycles. The predicted molar refractivity (Wildman–Crippen MR) is 118 cm³/mol. The van der Waals surface area contributed by atoms with Crippen molar-refractivity contribution >= 4 is 16.8 Å². The van der Waals surface area contributed by atoms with E-state index in [1.807, 2.05) is 30.3 Å². The Bertz CT molecular complexity index is 1210. The fourth-order valence-corrected chi connectivity index (χ4v) is 4.91. The zero-order valence-corrected chi connectivity index (χ0v) is 17.9. The Morgan fingerprint density at radius 2 is 1.97 bits per heavy atom. The van der Waals surface area contributed by atoms with E-state index in [1.165, 1.54) is 10.7 Å². The highest BCUT2D eigenvalue weighted by Crippen LogP contribution is 2.38. The molecule has 8 heteroatoms. The van der Waals surface area contributed by atoms with Crippen molar-refractivity contribution in [1.29, 1.82) is 0 Å². The molecule has 1 N–H and O–H groups in total. The van der Waals surface area contributed by atoms with Crippen LogP contribution in [0.1, 0.15) is 18.5 Å². The third kappa shape index (κ3) is 4.10. The van der Waals surface area contributed by atoms with Gasteiger partial charge in [0, 0.05) is 36.8 Å². The number of aromatic nitrogens is 3. The first kappa shape index (κ1) is 20.6. The van der Waals surface area contributed by atoms with Gasteiger partial charge in [-0.15, -0.1) is 0 Å². The van der Waals surface area contributed by atoms with E-state index in [4.69, 9.17) is 4.74 Å². The normalized spacial score (nSPS) is 25.0. The summed E-state index contributed by atoms with van der Waals surface area (Å²) in [7, 11) is 0. The maximum atomic E-state index is 12.8. The summed E-state index contributed by atoms with van der Waals surface area (Å²) in [5, 5.41) is 15.9. The molecule has 0 bridgehead atoms. The number of fused-ring (bicyclic) bond motifs is 2. The molecular formula is C24H26N4O4. The maximum absolute atomic E-state index is 12.8. The van der Waals surface area contributed by atoms with Crippen LogP contribution in [0.2, 0.25) is 0 Å². The summed E-state index contributed by atoms with van der Waals surface area (Å²) < 4.78 is 7.37. The van der Waals surface area contributed by atoms with Gasteiger partial charge in [0.1, 0.15) is 18.4 Å². The largest absolute Gasteiger partial charge is 0.488 e. The SMILES string of the molecule is Cc1ccc(=O)n(CC(=O)N2C[C@H]3C[C@@H](Oc4ccc5cccnc5c4)[C@H](O)C[C@H]3C2)n1. The standard InChI is InChI=1S/C24H26N4O4/c1-15-4-7-23(30)28(26-15)14-24(31)27-12-17-9-21(29)22(10-18(17)13-27)32-19-6-5-16-3-2-8-25-20(16)11-19/h2-8,11,17-18,21-22,29H,9-10,12-14H2,1H3/t17-,18+,21+,22+/m0/s1. The number of aryl methyl sites for hydroxylation is 1. The topological polar surface area (TPSA) is 97.6 Å². The number of hydrogen-bond donors (Lipinski definition) is 1. The highest BCUT2D eigenvalue weighted by atomic mass is 16.5. The predicted octanol–water partition coefficient (Wildman–Crippen LogP) is 1.78. The van der Waals surface area contributed by atoms with Crippen molar-refractivity contribution in [3.05, 3.63) is 64.7 Å². The molecule has 1 amide bonds. The fraction of sp³-hybridized carbons (Fsp3) is 0.417. The molecule has 0 unspecified atom stereocenters. The van der Waals surface area contributed by atoms with Gasteiger partial charge in [-0.3, -0.25) is 14.6 Å². The number of carbonyl (C=O) groups is 1. The van der Waals surface area contributed by atoms with E-state index in [0.29, 0.717) is 37.4 Å². The zero-order chi connectivity index (χ0) is 22.2. The number of nitrogens with zero attached hydrogens (tertiary/aromatic N) is 4. The average molecular weight is 434 g/mol. The van der Waals surface area contributed by atoms with Crippen LogP contribution in [0.15, 0.2) is 53.5 Å². The van der Waals surface area contributed by atoms with Gasteiger partial charge in [-0.1, -0.05) is 6.07 Å². The molecule has 0 spiro atoms. The molecule has 2 fully saturated rings. The molecule has 2 aliphatic rings. The van der Waals surface area contributed by atoms with E-state index in [2.05, 4.69) is 10.1 Å². The Hall–Kier alpha value is -3.26. The number of carbonyl (C=O) groups excluding carboxylic acids is 1. The van der Waals surface area contributed by atoms with Crippen molar-refractivity contribution in [3.63, 3.8) is 0 Å². The van der Waals surface area contributed by atoms with Crippen molar-refractivity contribution in [2.45, 2.75) is 38.5 Å². The Morgan fingerprint density at radius 1 is 1.16 bits per heavy atom. The smallest absolute Gasteiger partial charge is 0.267 e. The summed E-state index contributed by atoms with van der Waals surface area (Å²) in [6.07, 6.45) is 2.10. The van der Waals surface area contributed by atoms with Crippen LogP contribution < -0.4 is 10.3 Å². The molecule has 4 atom stereocenters. The number of amides is 1. The van der Waals surface area contributed by atoms with Crippen molar-refractivity contribution < 1.29 is 14.6 Å². The summed E-state index contributed by atoms with van der Waals surface area (Å²) in [6.45, 7) is 2.92. The van der Waals surface area contributed by atoms with Crippen LogP contribution in [0.25, 0.3) is 10.9 Å². The van der Waals surface area contributed by atoms with Gasteiger partial charge in [0.25, 0.3) is 5.56 Å². The molecule has 166 valence electrons. The third-order valence-electron chi connectivity index (χ3n) is 6.59. The summed E-state index contributed by atoms with van der Waals surface area (Å²) in [4.78, 5) is 31.0. The number of ether oxygens (including phenoxy) is 1. The Balaban J connectivity index is 1.24. The van der Waals surface area contributed by atoms with E-state index in [-0.39, 0.29) is 36.0 Å². The van der Waals surface area contributed by atoms with Crippen molar-refractivity contribution in [2.24, 2.45) is 11.8 Å². The van der Waals surface area contributed by atoms with E-state index in [0.717, 1.165) is 10.9 Å². The maximum Gasteiger partial charge on any atom is 0.267 e. The number of rotatable bonds is 4. The summed E-state index contributed by atoms with van der Waals surface area (Å²) in [5.41, 5.74) is 1.26. The molecule has 3 aromatic rings. The van der Waals surface area contributed by atoms with Gasteiger partial charge in [0.15, 0.2) is 0 Å². The first-order valence-corrected chi connectivity index (χ1v) is 11.0. The van der Waals surface area contributed by atoms with Gasteiger partial charge >= 0.3 is 0 Å². The summed E-state index contributed by atoms with van der Waals surface area (Å²) in [5.74, 6) is 1.06. The Kier molecular flexibility index (Phi) is 5.38. The molecule has 0 radical (unpaired) electrons. The molecule has 3 heterocycles. The molecule has 1 aromatic carbocycles. The second-order valence-electron chi connectivity index (χ2n) is 8.84. The van der Waals surface area contributed by atoms with Gasteiger partial charge in [-0.25, -0.2) is 4.68 Å². The van der Waals surface area contributed by atoms with Crippen LogP contribution in [0.4, 0.5) is 0 Å². The average Bonchev–Trinajstić information content (AvgIpc) is 3.19. The van der Waals surface area contributed by atoms with Crippen molar-refractivity contribution in [1.82, 2.24) is 19.7 Å². The van der Waals surface area contributed by atoms with Crippen LogP contribution in [0, 0.1) is 18.8 Å². The molecule has 8 nitrogen and oxygen atoms in total. The van der Waals surface area contributed by atoms with Crippen LogP contribution >= 0.6 is 0 Å². The molecule has 1 saturated heterocycles. The second-order valence-corrected chi connectivity index (χ2v) is 8.84. The van der Waals surface area contributed by atoms with Gasteiger partial charge in [0.05, 0.1) is 17.3 Å². The molecule has 5 rings (SSSR count). The van der Waals surface area contributed by atoms with Gasteiger partial charge in [-0.05, 0) is 55.9 Å². The number of aliphatic hydroxyl groups excluding tert-OH is 1. The van der Waals surface area contributed by atoms with Crippen LogP contribution in [-0.4, -0.2) is 56.0 Å². The van der Waals surface area contributed by atoms with E-state index in [1.54, 1.807) is 24.1 Å². The molecule has 2 aromatic heterocycles. The van der Waals surface area contributed by atoms with Crippen LogP contribution in [-0.2, 0) is 11.3 Å². The monoisotopic (exact) mass is 434 g/mol. The van der Waals surface area contributed by atoms with Crippen molar-refractivity contribution in [3.8, 4) is 5.75 Å². The van der Waals surface area contributed by atoms with Gasteiger partial charge < -0.3 is 14.7 Å². The number of aliphatic hydroxyl groups is 1. The highest BCUT2D eigenvalue weighted by molar-refractivity contribution is 5.79. The lowest BCUT2D eigenvalue weighted by atomic mass is 9.78. The Labute approximate surface area is 185 Å². The minimum atomic E-state index is -0.591. The number of likely N-dealkylation sites (tertiary alicyclic amines) is 1. The van der Waals surface area contributed by atoms with E-state index < -0.39 is 6.10 Å². The highest BCUT2D eigenvalue weighted by Gasteiger charge is 2.44. The summed E-state index contributed by atoms with van der Waals surface area (Å²) in [6, 6.07) is 12.7. The molecular weight excluding hydrogens is 408 g/mol. The minimum Gasteiger partial charge on any atom is -0.488 e. The van der Waals surface area contributed by atoms with Crippen LogP contribution in [0.3, 0.4) is 0 Å². The first-order chi connectivity index (χ1) is 15.5. The minimum absolute atomic E-state index is 0.0630. The molecule has 1 saturated carbocycles.